The Labute approximate surface area is 148 Å². The van der Waals surface area contributed by atoms with E-state index in [9.17, 15) is 23.7 Å². The topological polar surface area (TPSA) is 93.5 Å². The van der Waals surface area contributed by atoms with Crippen LogP contribution in [-0.4, -0.2) is 30.5 Å². The van der Waals surface area contributed by atoms with Gasteiger partial charge in [-0.15, -0.1) is 0 Å². The number of nitro benzene ring substituents is 1. The van der Waals surface area contributed by atoms with E-state index in [-0.39, 0.29) is 23.8 Å². The third kappa shape index (κ3) is 6.34. The number of nitrogens with zero attached hydrogens (tertiary/aromatic N) is 1. The summed E-state index contributed by atoms with van der Waals surface area (Å²) in [4.78, 5) is 21.9. The Morgan fingerprint density at radius 2 is 1.73 bits per heavy atom. The summed E-state index contributed by atoms with van der Waals surface area (Å²) in [7, 11) is 0. The molecule has 0 radical (unpaired) electrons. The van der Waals surface area contributed by atoms with E-state index in [1.54, 1.807) is 24.3 Å². The van der Waals surface area contributed by atoms with Crippen LogP contribution in [0.25, 0.3) is 0 Å². The molecule has 2 aromatic carbocycles. The van der Waals surface area contributed by atoms with Crippen molar-refractivity contribution in [3.8, 4) is 5.75 Å². The number of anilines is 1. The summed E-state index contributed by atoms with van der Waals surface area (Å²) in [5.41, 5.74) is 1.39. The fourth-order valence-electron chi connectivity index (χ4n) is 2.15. The maximum absolute atomic E-state index is 12.1. The predicted molar refractivity (Wildman–Crippen MR) is 91.4 cm³/mol. The van der Waals surface area contributed by atoms with E-state index in [2.05, 4.69) is 15.4 Å². The molecule has 0 fully saturated rings. The first-order valence-electron chi connectivity index (χ1n) is 7.73. The van der Waals surface area contributed by atoms with E-state index >= 15 is 0 Å². The lowest BCUT2D eigenvalue weighted by molar-refractivity contribution is -0.384. The number of ether oxygens (including phenoxy) is 1. The van der Waals surface area contributed by atoms with Crippen LogP contribution in [-0.2, 0) is 11.2 Å². The number of amides is 1. The van der Waals surface area contributed by atoms with E-state index in [0.717, 1.165) is 0 Å². The maximum Gasteiger partial charge on any atom is 0.387 e. The molecule has 0 heterocycles. The summed E-state index contributed by atoms with van der Waals surface area (Å²) in [5, 5.41) is 16.3. The van der Waals surface area contributed by atoms with Crippen molar-refractivity contribution in [2.45, 2.75) is 13.0 Å². The number of carbonyl (C=O) groups is 1. The van der Waals surface area contributed by atoms with Crippen LogP contribution >= 0.6 is 0 Å². The Hall–Kier alpha value is -3.23. The lowest BCUT2D eigenvalue weighted by Gasteiger charge is -2.09. The molecule has 1 amide bonds. The van der Waals surface area contributed by atoms with Crippen LogP contribution in [0.4, 0.5) is 20.2 Å². The third-order valence-corrected chi connectivity index (χ3v) is 3.37. The molecule has 0 aromatic heterocycles. The molecule has 0 aliphatic heterocycles. The van der Waals surface area contributed by atoms with Crippen LogP contribution in [0.3, 0.4) is 0 Å². The van der Waals surface area contributed by atoms with Crippen molar-refractivity contribution in [1.82, 2.24) is 5.32 Å². The van der Waals surface area contributed by atoms with Crippen molar-refractivity contribution in [2.24, 2.45) is 0 Å². The largest absolute Gasteiger partial charge is 0.435 e. The predicted octanol–water partition coefficient (Wildman–Crippen LogP) is 2.97. The molecule has 2 N–H and O–H groups in total. The van der Waals surface area contributed by atoms with Crippen LogP contribution in [0.15, 0.2) is 48.5 Å². The monoisotopic (exact) mass is 365 g/mol. The zero-order valence-electron chi connectivity index (χ0n) is 13.7. The second-order valence-corrected chi connectivity index (χ2v) is 5.28. The number of benzene rings is 2. The minimum Gasteiger partial charge on any atom is -0.435 e. The second-order valence-electron chi connectivity index (χ2n) is 5.28. The molecule has 0 saturated carbocycles. The Bertz CT molecular complexity index is 737. The van der Waals surface area contributed by atoms with Gasteiger partial charge in [0.2, 0.25) is 5.91 Å². The first kappa shape index (κ1) is 19.1. The number of non-ortho nitro benzene ring substituents is 1. The van der Waals surface area contributed by atoms with Crippen LogP contribution in [0.2, 0.25) is 0 Å². The molecule has 0 atom stereocenters. The summed E-state index contributed by atoms with van der Waals surface area (Å²) in [6, 6.07) is 11.8. The molecular weight excluding hydrogens is 348 g/mol. The van der Waals surface area contributed by atoms with Crippen molar-refractivity contribution < 1.29 is 23.2 Å². The van der Waals surface area contributed by atoms with Gasteiger partial charge < -0.3 is 15.4 Å². The van der Waals surface area contributed by atoms with E-state index < -0.39 is 11.5 Å². The fraction of sp³-hybridized carbons (Fsp3) is 0.235. The van der Waals surface area contributed by atoms with E-state index in [1.807, 2.05) is 0 Å². The Balaban J connectivity index is 1.69. The molecule has 9 heteroatoms. The highest BCUT2D eigenvalue weighted by Gasteiger charge is 2.07. The first-order chi connectivity index (χ1) is 12.4. The number of halogens is 2. The van der Waals surface area contributed by atoms with Gasteiger partial charge in [0.05, 0.1) is 11.3 Å². The molecule has 0 unspecified atom stereocenters. The van der Waals surface area contributed by atoms with Crippen LogP contribution in [0.1, 0.15) is 5.56 Å². The van der Waals surface area contributed by atoms with E-state index in [1.165, 1.54) is 24.3 Å². The number of hydrogen-bond donors (Lipinski definition) is 2. The highest BCUT2D eigenvalue weighted by Crippen LogP contribution is 2.16. The number of carbonyl (C=O) groups excluding carboxylic acids is 1. The molecule has 2 rings (SSSR count). The van der Waals surface area contributed by atoms with Gasteiger partial charge in [0.15, 0.2) is 0 Å². The molecule has 0 aliphatic carbocycles. The summed E-state index contributed by atoms with van der Waals surface area (Å²) in [5.74, 6) is -0.172. The van der Waals surface area contributed by atoms with Gasteiger partial charge in [0, 0.05) is 30.9 Å². The molecule has 0 spiro atoms. The highest BCUT2D eigenvalue weighted by molar-refractivity contribution is 5.78. The van der Waals surface area contributed by atoms with Crippen molar-refractivity contribution in [3.63, 3.8) is 0 Å². The number of alkyl halides is 2. The maximum atomic E-state index is 12.1. The molecule has 0 aliphatic rings. The average molecular weight is 365 g/mol. The minimum atomic E-state index is -2.88. The number of rotatable bonds is 9. The second kappa shape index (κ2) is 9.30. The van der Waals surface area contributed by atoms with Crippen molar-refractivity contribution in [3.05, 3.63) is 64.2 Å². The number of nitro groups is 1. The number of hydrogen-bond acceptors (Lipinski definition) is 5. The molecule has 7 nitrogen and oxygen atoms in total. The Kier molecular flexibility index (Phi) is 6.84. The lowest BCUT2D eigenvalue weighted by atomic mass is 10.1. The van der Waals surface area contributed by atoms with Gasteiger partial charge in [0.1, 0.15) is 5.75 Å². The summed E-state index contributed by atoms with van der Waals surface area (Å²) >= 11 is 0. The van der Waals surface area contributed by atoms with Gasteiger partial charge in [-0.05, 0) is 29.8 Å². The average Bonchev–Trinajstić information content (AvgIpc) is 2.60. The van der Waals surface area contributed by atoms with Gasteiger partial charge in [-0.25, -0.2) is 0 Å². The van der Waals surface area contributed by atoms with Gasteiger partial charge >= 0.3 is 6.61 Å². The molecule has 26 heavy (non-hydrogen) atoms. The van der Waals surface area contributed by atoms with Crippen LogP contribution < -0.4 is 15.4 Å². The SMILES string of the molecule is O=C(Cc1ccc(OC(F)F)cc1)NCCNc1ccc([N+](=O)[O-])cc1. The highest BCUT2D eigenvalue weighted by atomic mass is 19.3. The van der Waals surface area contributed by atoms with Gasteiger partial charge in [-0.2, -0.15) is 8.78 Å². The van der Waals surface area contributed by atoms with Crippen LogP contribution in [0.5, 0.6) is 5.75 Å². The summed E-state index contributed by atoms with van der Waals surface area (Å²) in [6.45, 7) is -2.07. The van der Waals surface area contributed by atoms with Crippen LogP contribution in [0, 0.1) is 10.1 Å². The van der Waals surface area contributed by atoms with Gasteiger partial charge in [-0.1, -0.05) is 12.1 Å². The minimum absolute atomic E-state index is 0.00817. The van der Waals surface area contributed by atoms with Crippen molar-refractivity contribution in [1.29, 1.82) is 0 Å². The molecule has 138 valence electrons. The molecule has 0 bridgehead atoms. The quantitative estimate of drug-likeness (QED) is 0.405. The fourth-order valence-corrected chi connectivity index (χ4v) is 2.15. The smallest absolute Gasteiger partial charge is 0.387 e. The van der Waals surface area contributed by atoms with Crippen molar-refractivity contribution >= 4 is 17.3 Å². The zero-order valence-corrected chi connectivity index (χ0v) is 13.7. The van der Waals surface area contributed by atoms with E-state index in [4.69, 9.17) is 0 Å². The van der Waals surface area contributed by atoms with Gasteiger partial charge in [0.25, 0.3) is 5.69 Å². The molecular formula is C17H17F2N3O4. The Morgan fingerprint density at radius 1 is 1.08 bits per heavy atom. The standard InChI is InChI=1S/C17H17F2N3O4/c18-17(19)26-15-7-1-12(2-8-15)11-16(23)21-10-9-20-13-3-5-14(6-4-13)22(24)25/h1-8,17,20H,9-11H2,(H,21,23). The zero-order chi connectivity index (χ0) is 18.9. The lowest BCUT2D eigenvalue weighted by Crippen LogP contribution is -2.30. The first-order valence-corrected chi connectivity index (χ1v) is 7.73. The van der Waals surface area contributed by atoms with Crippen molar-refractivity contribution in [2.75, 3.05) is 18.4 Å². The number of nitrogens with one attached hydrogen (secondary N) is 2. The van der Waals surface area contributed by atoms with Gasteiger partial charge in [-0.3, -0.25) is 14.9 Å². The third-order valence-electron chi connectivity index (χ3n) is 3.37. The Morgan fingerprint density at radius 3 is 2.31 bits per heavy atom. The summed E-state index contributed by atoms with van der Waals surface area (Å²) < 4.78 is 28.4. The molecule has 2 aromatic rings. The normalized spacial score (nSPS) is 10.4. The molecule has 0 saturated heterocycles. The summed E-state index contributed by atoms with van der Waals surface area (Å²) in [6.07, 6.45) is 0.118. The van der Waals surface area contributed by atoms with E-state index in [0.29, 0.717) is 24.3 Å².